The third-order valence-corrected chi connectivity index (χ3v) is 15.7. The molecule has 0 aromatic heterocycles. The second kappa shape index (κ2) is 17.5. The molecule has 340 valence electrons. The summed E-state index contributed by atoms with van der Waals surface area (Å²) in [6.07, 6.45) is 0. The van der Waals surface area contributed by atoms with Crippen LogP contribution in [0, 0.1) is 11.3 Å². The van der Waals surface area contributed by atoms with Crippen molar-refractivity contribution in [2.45, 2.75) is 9.79 Å². The maximum absolute atomic E-state index is 10.4. The largest absolute Gasteiger partial charge is 0.311 e. The summed E-state index contributed by atoms with van der Waals surface area (Å²) < 4.78 is 0. The zero-order valence-corrected chi connectivity index (χ0v) is 40.4. The van der Waals surface area contributed by atoms with E-state index in [1.165, 1.54) is 31.9 Å². The van der Waals surface area contributed by atoms with E-state index in [-0.39, 0.29) is 6.71 Å². The maximum Gasteiger partial charge on any atom is 0.252 e. The highest BCUT2D eigenvalue weighted by molar-refractivity contribution is 7.99. The lowest BCUT2D eigenvalue weighted by Crippen LogP contribution is -2.61. The van der Waals surface area contributed by atoms with Crippen molar-refractivity contribution in [1.29, 1.82) is 5.26 Å². The van der Waals surface area contributed by atoms with Gasteiger partial charge < -0.3 is 14.7 Å². The minimum Gasteiger partial charge on any atom is -0.311 e. The van der Waals surface area contributed by atoms with Crippen LogP contribution in [-0.4, -0.2) is 6.71 Å². The molecule has 0 atom stereocenters. The molecule has 11 aromatic rings. The first kappa shape index (κ1) is 42.6. The van der Waals surface area contributed by atoms with Gasteiger partial charge in [-0.15, -0.1) is 0 Å². The number of hydrogen-bond donors (Lipinski definition) is 0. The molecule has 0 aliphatic carbocycles. The van der Waals surface area contributed by atoms with E-state index in [0.29, 0.717) is 5.56 Å². The zero-order chi connectivity index (χ0) is 48.4. The Morgan fingerprint density at radius 2 is 0.836 bits per heavy atom. The highest BCUT2D eigenvalue weighted by atomic mass is 32.2. The average molecular weight is 947 g/mol. The summed E-state index contributed by atoms with van der Waals surface area (Å²) in [5.74, 6) is 0. The van der Waals surface area contributed by atoms with Crippen molar-refractivity contribution in [1.82, 2.24) is 0 Å². The van der Waals surface area contributed by atoms with E-state index in [2.05, 4.69) is 276 Å². The Kier molecular flexibility index (Phi) is 10.2. The van der Waals surface area contributed by atoms with Gasteiger partial charge in [0.05, 0.1) is 28.7 Å². The van der Waals surface area contributed by atoms with Crippen LogP contribution in [0.1, 0.15) is 5.56 Å². The van der Waals surface area contributed by atoms with Crippen LogP contribution in [-0.2, 0) is 0 Å². The van der Waals surface area contributed by atoms with Gasteiger partial charge in [-0.2, -0.15) is 5.26 Å². The van der Waals surface area contributed by atoms with Gasteiger partial charge in [-0.05, 0) is 146 Å². The molecule has 0 bridgehead atoms. The summed E-state index contributed by atoms with van der Waals surface area (Å²) >= 11 is 1.84. The molecule has 0 saturated carbocycles. The lowest BCUT2D eigenvalue weighted by molar-refractivity contribution is 1.16. The van der Waals surface area contributed by atoms with Gasteiger partial charge in [0.25, 0.3) is 6.71 Å². The van der Waals surface area contributed by atoms with Gasteiger partial charge in [0.2, 0.25) is 0 Å². The maximum atomic E-state index is 10.4. The fourth-order valence-corrected chi connectivity index (χ4v) is 12.4. The van der Waals surface area contributed by atoms with Gasteiger partial charge in [-0.1, -0.05) is 182 Å². The molecule has 0 amide bonds. The molecule has 0 spiro atoms. The van der Waals surface area contributed by atoms with Crippen LogP contribution in [0.4, 0.5) is 51.2 Å². The summed E-state index contributed by atoms with van der Waals surface area (Å²) in [7, 11) is 0. The summed E-state index contributed by atoms with van der Waals surface area (Å²) in [6.45, 7) is -0.150. The quantitative estimate of drug-likeness (QED) is 0.149. The van der Waals surface area contributed by atoms with Crippen LogP contribution >= 0.6 is 11.8 Å². The molecule has 0 N–H and O–H groups in total. The molecule has 0 unspecified atom stereocenters. The number of nitrogens with zero attached hydrogens (tertiary/aromatic N) is 4. The molecule has 0 fully saturated rings. The molecule has 3 aliphatic rings. The summed E-state index contributed by atoms with van der Waals surface area (Å²) in [5.41, 5.74) is 23.1. The molecule has 4 nitrogen and oxygen atoms in total. The number of rotatable bonds is 7. The molecule has 14 rings (SSSR count). The molecule has 6 heteroatoms. The number of hydrogen-bond acceptors (Lipinski definition) is 5. The van der Waals surface area contributed by atoms with Crippen molar-refractivity contribution in [2.24, 2.45) is 0 Å². The molecule has 3 heterocycles. The van der Waals surface area contributed by atoms with E-state index < -0.39 is 0 Å². The zero-order valence-electron chi connectivity index (χ0n) is 39.6. The van der Waals surface area contributed by atoms with Crippen molar-refractivity contribution in [3.63, 3.8) is 0 Å². The lowest BCUT2D eigenvalue weighted by Gasteiger charge is -2.45. The molecule has 0 radical (unpaired) electrons. The number of nitriles is 1. The van der Waals surface area contributed by atoms with Crippen LogP contribution in [0.5, 0.6) is 0 Å². The second-order valence-corrected chi connectivity index (χ2v) is 19.9. The van der Waals surface area contributed by atoms with Crippen molar-refractivity contribution in [3.05, 3.63) is 266 Å². The Morgan fingerprint density at radius 3 is 1.47 bits per heavy atom. The topological polar surface area (TPSA) is 33.5 Å². The minimum atomic E-state index is -0.150. The molecular weight excluding hydrogens is 904 g/mol. The van der Waals surface area contributed by atoms with Gasteiger partial charge >= 0.3 is 0 Å². The van der Waals surface area contributed by atoms with E-state index in [1.807, 2.05) is 17.8 Å². The lowest BCUT2D eigenvalue weighted by atomic mass is 9.33. The summed E-state index contributed by atoms with van der Waals surface area (Å²) in [4.78, 5) is 9.89. The third-order valence-electron chi connectivity index (χ3n) is 14.6. The highest BCUT2D eigenvalue weighted by Crippen LogP contribution is 2.55. The van der Waals surface area contributed by atoms with Crippen molar-refractivity contribution in [3.8, 4) is 50.6 Å². The van der Waals surface area contributed by atoms with E-state index >= 15 is 0 Å². The van der Waals surface area contributed by atoms with Crippen LogP contribution in [0.2, 0.25) is 0 Å². The first-order valence-corrected chi connectivity index (χ1v) is 25.6. The van der Waals surface area contributed by atoms with Crippen LogP contribution in [0.25, 0.3) is 44.5 Å². The van der Waals surface area contributed by atoms with Gasteiger partial charge in [-0.25, -0.2) is 0 Å². The van der Waals surface area contributed by atoms with E-state index in [0.717, 1.165) is 90.0 Å². The number of benzene rings is 11. The first-order valence-electron chi connectivity index (χ1n) is 24.7. The molecule has 73 heavy (non-hydrogen) atoms. The molecule has 11 aromatic carbocycles. The summed E-state index contributed by atoms with van der Waals surface area (Å²) in [5, 5.41) is 10.4. The minimum absolute atomic E-state index is 0.150. The van der Waals surface area contributed by atoms with E-state index in [1.54, 1.807) is 0 Å². The first-order chi connectivity index (χ1) is 36.2. The van der Waals surface area contributed by atoms with Crippen molar-refractivity contribution < 1.29 is 0 Å². The monoisotopic (exact) mass is 946 g/mol. The Balaban J connectivity index is 1.12. The number of anilines is 9. The standard InChI is InChI=1S/C67H43BN4S/c69-44-45-34-35-58(55(36-45)49-26-12-4-13-27-49)72-59-31-17-16-30-56(59)68-57-42-62-66(73-65-33-19-18-32-60(65)70(62)53-28-14-5-15-29-53)43-61(57)71(63-40-52(41-64(72)67(63)68)48-24-10-3-11-25-48)54-38-50(46-20-6-1-7-21-46)37-51(39-54)47-22-8-2-9-23-47/h1-43H. The van der Waals surface area contributed by atoms with Gasteiger partial charge in [0.15, 0.2) is 0 Å². The fraction of sp³-hybridized carbons (Fsp3) is 0. The van der Waals surface area contributed by atoms with Gasteiger partial charge in [0.1, 0.15) is 0 Å². The normalized spacial score (nSPS) is 12.8. The van der Waals surface area contributed by atoms with Crippen molar-refractivity contribution in [2.75, 3.05) is 14.7 Å². The summed E-state index contributed by atoms with van der Waals surface area (Å²) in [6, 6.07) is 96.9. The van der Waals surface area contributed by atoms with Crippen LogP contribution in [0.3, 0.4) is 0 Å². The fourth-order valence-electron chi connectivity index (χ4n) is 11.4. The van der Waals surface area contributed by atoms with Crippen LogP contribution in [0.15, 0.2) is 271 Å². The molecule has 0 saturated heterocycles. The average Bonchev–Trinajstić information content (AvgIpc) is 3.48. The highest BCUT2D eigenvalue weighted by Gasteiger charge is 2.45. The Morgan fingerprint density at radius 1 is 0.315 bits per heavy atom. The van der Waals surface area contributed by atoms with Gasteiger partial charge in [0, 0.05) is 49.5 Å². The molecule has 3 aliphatic heterocycles. The Labute approximate surface area is 430 Å². The molecular formula is C67H43BN4S. The van der Waals surface area contributed by atoms with Crippen LogP contribution < -0.4 is 31.1 Å². The Bertz CT molecular complexity index is 3920. The predicted molar refractivity (Wildman–Crippen MR) is 306 cm³/mol. The smallest absolute Gasteiger partial charge is 0.252 e. The third kappa shape index (κ3) is 7.16. The van der Waals surface area contributed by atoms with Gasteiger partial charge in [-0.3, -0.25) is 0 Å². The second-order valence-electron chi connectivity index (χ2n) is 18.8. The SMILES string of the molecule is N#Cc1ccc(N2c3ccccc3B3c4cc5c(cc4N(c4cc(-c6ccccc6)cc(-c6ccccc6)c4)c4cc(-c6ccccc6)cc2c43)Sc2ccccc2N5c2ccccc2)c(-c2ccccc2)c1. The Hall–Kier alpha value is -9.28. The van der Waals surface area contributed by atoms with E-state index in [4.69, 9.17) is 0 Å². The predicted octanol–water partition coefficient (Wildman–Crippen LogP) is 16.2. The van der Waals surface area contributed by atoms with E-state index in [9.17, 15) is 5.26 Å². The number of fused-ring (bicyclic) bond motifs is 6. The number of para-hydroxylation sites is 3. The van der Waals surface area contributed by atoms with Crippen molar-refractivity contribution >= 4 is 86.0 Å².